The maximum Gasteiger partial charge on any atom is 0.224 e. The molecule has 8 nitrogen and oxygen atoms in total. The summed E-state index contributed by atoms with van der Waals surface area (Å²) in [6.07, 6.45) is 20.5. The van der Waals surface area contributed by atoms with Crippen LogP contribution in [0, 0.1) is 13.8 Å². The molecular formula is C66H100N2O6. The Kier molecular flexibility index (Phi) is 24.0. The van der Waals surface area contributed by atoms with Crippen LogP contribution in [0.3, 0.4) is 0 Å². The maximum absolute atomic E-state index is 13.5. The van der Waals surface area contributed by atoms with Gasteiger partial charge >= 0.3 is 0 Å². The molecule has 0 aromatic heterocycles. The van der Waals surface area contributed by atoms with Crippen molar-refractivity contribution in [3.05, 3.63) is 105 Å². The molecule has 0 aliphatic carbocycles. The molecular weight excluding hydrogens is 917 g/mol. The third-order valence-corrected chi connectivity index (χ3v) is 15.0. The largest absolute Gasteiger partial charge is 0.507 e. The van der Waals surface area contributed by atoms with Crippen molar-refractivity contribution in [2.24, 2.45) is 0 Å². The second kappa shape index (κ2) is 28.8. The lowest BCUT2D eigenvalue weighted by atomic mass is 9.69. The zero-order valence-electron chi connectivity index (χ0n) is 48.9. The summed E-state index contributed by atoms with van der Waals surface area (Å²) in [5.41, 5.74) is 7.43. The predicted molar refractivity (Wildman–Crippen MR) is 312 cm³/mol. The lowest BCUT2D eigenvalue weighted by Gasteiger charge is -2.35. The normalized spacial score (nSPS) is 12.2. The number of unbranched alkanes of at least 4 members (excludes halogenated alkanes) is 12. The Hall–Kier alpha value is -4.98. The van der Waals surface area contributed by atoms with Gasteiger partial charge in [-0.2, -0.15) is 0 Å². The van der Waals surface area contributed by atoms with E-state index in [1.165, 1.54) is 77.0 Å². The number of nitrogens with one attached hydrogen (secondary N) is 2. The van der Waals surface area contributed by atoms with Crippen molar-refractivity contribution < 1.29 is 29.3 Å². The summed E-state index contributed by atoms with van der Waals surface area (Å²) in [7, 11) is 0. The Morgan fingerprint density at radius 3 is 1.24 bits per heavy atom. The number of aryl methyl sites for hydroxylation is 4. The molecule has 0 fully saturated rings. The van der Waals surface area contributed by atoms with E-state index in [2.05, 4.69) is 118 Å². The number of carbonyl (C=O) groups excluding carboxylic acids is 2. The van der Waals surface area contributed by atoms with Crippen LogP contribution in [0.2, 0.25) is 0 Å². The van der Waals surface area contributed by atoms with Gasteiger partial charge in [0.15, 0.2) is 0 Å². The average Bonchev–Trinajstić information content (AvgIpc) is 3.32. The fourth-order valence-electron chi connectivity index (χ4n) is 10.1. The van der Waals surface area contributed by atoms with Crippen LogP contribution in [0.4, 0.5) is 11.4 Å². The van der Waals surface area contributed by atoms with E-state index in [9.17, 15) is 19.8 Å². The van der Waals surface area contributed by atoms with Crippen molar-refractivity contribution in [3.8, 4) is 23.0 Å². The van der Waals surface area contributed by atoms with Crippen molar-refractivity contribution in [2.45, 2.75) is 247 Å². The fraction of sp³-hybridized carbons (Fsp3) is 0.606. The highest BCUT2D eigenvalue weighted by Crippen LogP contribution is 2.47. The number of rotatable bonds is 31. The van der Waals surface area contributed by atoms with Gasteiger partial charge in [-0.15, -0.1) is 0 Å². The molecule has 0 aliphatic rings. The van der Waals surface area contributed by atoms with Crippen LogP contribution in [0.5, 0.6) is 23.0 Å². The first-order valence-corrected chi connectivity index (χ1v) is 28.7. The number of amides is 2. The van der Waals surface area contributed by atoms with Gasteiger partial charge in [0.2, 0.25) is 11.8 Å². The number of phenolic OH excluding ortho intramolecular Hbond substituents is 2. The summed E-state index contributed by atoms with van der Waals surface area (Å²) < 4.78 is 12.2. The quantitative estimate of drug-likeness (QED) is 0.0373. The lowest BCUT2D eigenvalue weighted by molar-refractivity contribution is -0.117. The molecule has 8 heteroatoms. The number of aromatic hydroxyl groups is 2. The molecule has 4 aromatic rings. The molecule has 4 aromatic carbocycles. The number of carbonyl (C=O) groups is 2. The molecule has 4 N–H and O–H groups in total. The van der Waals surface area contributed by atoms with Crippen molar-refractivity contribution >= 4 is 23.2 Å². The highest BCUT2D eigenvalue weighted by atomic mass is 16.5. The minimum Gasteiger partial charge on any atom is -0.507 e. The van der Waals surface area contributed by atoms with Crippen molar-refractivity contribution in [1.82, 2.24) is 0 Å². The predicted octanol–water partition coefficient (Wildman–Crippen LogP) is 17.7. The molecule has 0 saturated heterocycles. The van der Waals surface area contributed by atoms with Gasteiger partial charge in [0, 0.05) is 35.3 Å². The summed E-state index contributed by atoms with van der Waals surface area (Å²) in [6, 6.07) is 19.9. The first kappa shape index (κ1) is 61.6. The van der Waals surface area contributed by atoms with Crippen LogP contribution in [0.25, 0.3) is 0 Å². The van der Waals surface area contributed by atoms with Crippen LogP contribution < -0.4 is 20.1 Å². The molecule has 74 heavy (non-hydrogen) atoms. The standard InChI is InChI=1S/C66H100N2O6/c1-15-17-19-21-23-24-26-28-40-74-62-47(3)41-52(42-48(62)4)68-59(70)36-30-50-44-55(64(8,9)10)61(72)57(46-50)66(13,14)38-37-65(11,12)56-45-49(43-54(60(56)71)63(5,6)7)29-35-58(69)67-51-31-33-53(34-32-51)73-39-27-25-22-20-18-16-2/h31-34,41-46,71-72H,15-30,35-40H2,1-14H3,(H,67,69)(H,68,70). The van der Waals surface area contributed by atoms with E-state index in [0.29, 0.717) is 50.4 Å². The molecule has 0 bridgehead atoms. The Morgan fingerprint density at radius 2 is 0.838 bits per heavy atom. The van der Waals surface area contributed by atoms with E-state index in [1.807, 2.05) is 50.2 Å². The topological polar surface area (TPSA) is 117 Å². The minimum atomic E-state index is -0.455. The van der Waals surface area contributed by atoms with Gasteiger partial charge in [0.05, 0.1) is 13.2 Å². The minimum absolute atomic E-state index is 0.0592. The molecule has 0 radical (unpaired) electrons. The Balaban J connectivity index is 1.42. The fourth-order valence-corrected chi connectivity index (χ4v) is 10.1. The molecule has 0 aliphatic heterocycles. The van der Waals surface area contributed by atoms with Crippen LogP contribution in [0.15, 0.2) is 60.7 Å². The number of phenols is 2. The molecule has 2 amide bonds. The van der Waals surface area contributed by atoms with Gasteiger partial charge in [-0.05, 0) is 144 Å². The summed E-state index contributed by atoms with van der Waals surface area (Å²) in [5.74, 6) is 2.19. The Labute approximate surface area is 449 Å². The third kappa shape index (κ3) is 19.6. The van der Waals surface area contributed by atoms with E-state index in [-0.39, 0.29) is 22.6 Å². The van der Waals surface area contributed by atoms with Crippen molar-refractivity contribution in [2.75, 3.05) is 23.8 Å². The van der Waals surface area contributed by atoms with Gasteiger partial charge in [-0.1, -0.05) is 184 Å². The molecule has 0 spiro atoms. The van der Waals surface area contributed by atoms with E-state index >= 15 is 0 Å². The van der Waals surface area contributed by atoms with Crippen LogP contribution in [-0.4, -0.2) is 35.2 Å². The summed E-state index contributed by atoms with van der Waals surface area (Å²) >= 11 is 0. The van der Waals surface area contributed by atoms with Gasteiger partial charge in [0.1, 0.15) is 23.0 Å². The van der Waals surface area contributed by atoms with E-state index in [1.54, 1.807) is 0 Å². The summed E-state index contributed by atoms with van der Waals surface area (Å²) in [4.78, 5) is 26.9. The smallest absolute Gasteiger partial charge is 0.224 e. The average molecular weight is 1020 g/mol. The second-order valence-electron chi connectivity index (χ2n) is 24.8. The zero-order valence-corrected chi connectivity index (χ0v) is 48.9. The number of hydrogen-bond acceptors (Lipinski definition) is 6. The first-order valence-electron chi connectivity index (χ1n) is 28.7. The SMILES string of the molecule is CCCCCCCCCCOc1c(C)cc(NC(=O)CCc2cc(C(C)(C)C)c(O)c(C(C)(C)CCC(C)(C)c3cc(CCC(=O)Nc4ccc(OCCCCCCCC)cc4)cc(C(C)(C)C)c3O)c2)cc1C. The van der Waals surface area contributed by atoms with E-state index < -0.39 is 10.8 Å². The van der Waals surface area contributed by atoms with E-state index in [0.717, 1.165) is 93.1 Å². The summed E-state index contributed by atoms with van der Waals surface area (Å²) in [5, 5.41) is 30.2. The van der Waals surface area contributed by atoms with Gasteiger partial charge < -0.3 is 30.3 Å². The first-order chi connectivity index (χ1) is 34.9. The molecule has 410 valence electrons. The molecule has 4 rings (SSSR count). The number of anilines is 2. The summed E-state index contributed by atoms with van der Waals surface area (Å²) in [6.45, 7) is 31.4. The number of ether oxygens (including phenoxy) is 2. The number of hydrogen-bond donors (Lipinski definition) is 4. The van der Waals surface area contributed by atoms with Gasteiger partial charge in [0.25, 0.3) is 0 Å². The monoisotopic (exact) mass is 1020 g/mol. The highest BCUT2D eigenvalue weighted by molar-refractivity contribution is 5.91. The van der Waals surface area contributed by atoms with E-state index in [4.69, 9.17) is 9.47 Å². The zero-order chi connectivity index (χ0) is 54.7. The second-order valence-corrected chi connectivity index (χ2v) is 24.8. The van der Waals surface area contributed by atoms with Crippen molar-refractivity contribution in [1.29, 1.82) is 0 Å². The Bertz CT molecular complexity index is 2360. The van der Waals surface area contributed by atoms with Crippen LogP contribution >= 0.6 is 0 Å². The van der Waals surface area contributed by atoms with Gasteiger partial charge in [-0.25, -0.2) is 0 Å². The highest BCUT2D eigenvalue weighted by Gasteiger charge is 2.35. The third-order valence-electron chi connectivity index (χ3n) is 15.0. The van der Waals surface area contributed by atoms with Crippen LogP contribution in [-0.2, 0) is 44.1 Å². The Morgan fingerprint density at radius 1 is 0.473 bits per heavy atom. The van der Waals surface area contributed by atoms with Crippen molar-refractivity contribution in [3.63, 3.8) is 0 Å². The van der Waals surface area contributed by atoms with Crippen LogP contribution in [0.1, 0.15) is 243 Å². The molecule has 0 atom stereocenters. The molecule has 0 unspecified atom stereocenters. The molecule has 0 heterocycles. The maximum atomic E-state index is 13.5. The lowest BCUT2D eigenvalue weighted by Crippen LogP contribution is -2.26. The molecule has 0 saturated carbocycles. The van der Waals surface area contributed by atoms with Gasteiger partial charge in [-0.3, -0.25) is 9.59 Å². The number of benzene rings is 4.